The molecular formula is C6H15NO. The Morgan fingerprint density at radius 2 is 2.00 bits per heavy atom. The highest BCUT2D eigenvalue weighted by Crippen LogP contribution is 1.92. The van der Waals surface area contributed by atoms with Crippen LogP contribution in [0.25, 0.3) is 0 Å². The Morgan fingerprint density at radius 1 is 1.50 bits per heavy atom. The van der Waals surface area contributed by atoms with Crippen LogP contribution >= 0.6 is 0 Å². The fraction of sp³-hybridized carbons (Fsp3) is 0.833. The van der Waals surface area contributed by atoms with Crippen molar-refractivity contribution in [1.82, 2.24) is 6.15 Å². The van der Waals surface area contributed by atoms with Crippen molar-refractivity contribution < 1.29 is 4.79 Å². The monoisotopic (exact) mass is 117 g/mol. The second kappa shape index (κ2) is 6.63. The molecule has 0 unspecified atom stereocenters. The molecule has 0 saturated heterocycles. The van der Waals surface area contributed by atoms with Crippen LogP contribution in [0, 0.1) is 0 Å². The van der Waals surface area contributed by atoms with Gasteiger partial charge in [-0.2, -0.15) is 0 Å². The molecule has 0 atom stereocenters. The van der Waals surface area contributed by atoms with E-state index in [0.717, 1.165) is 19.3 Å². The summed E-state index contributed by atoms with van der Waals surface area (Å²) in [6, 6.07) is 0. The van der Waals surface area contributed by atoms with E-state index in [4.69, 9.17) is 0 Å². The second-order valence-electron chi connectivity index (χ2n) is 1.81. The fourth-order valence-electron chi connectivity index (χ4n) is 0.426. The first-order valence-electron chi connectivity index (χ1n) is 2.76. The minimum absolute atomic E-state index is 0. The van der Waals surface area contributed by atoms with Crippen molar-refractivity contribution in [3.05, 3.63) is 0 Å². The van der Waals surface area contributed by atoms with E-state index in [1.54, 1.807) is 6.92 Å². The van der Waals surface area contributed by atoms with Gasteiger partial charge in [0.2, 0.25) is 0 Å². The van der Waals surface area contributed by atoms with E-state index in [1.165, 1.54) is 0 Å². The number of Topliss-reactive ketones (excluding diaryl/α,β-unsaturated/α-hetero) is 1. The van der Waals surface area contributed by atoms with Gasteiger partial charge in [-0.1, -0.05) is 13.3 Å². The van der Waals surface area contributed by atoms with Crippen LogP contribution in [0.1, 0.15) is 33.1 Å². The number of unbranched alkanes of at least 4 members (excludes halogenated alkanes) is 1. The predicted octanol–water partition coefficient (Wildman–Crippen LogP) is 1.93. The zero-order chi connectivity index (χ0) is 5.70. The summed E-state index contributed by atoms with van der Waals surface area (Å²) in [7, 11) is 0. The molecule has 0 aromatic carbocycles. The van der Waals surface area contributed by atoms with E-state index in [2.05, 4.69) is 6.92 Å². The Balaban J connectivity index is 0. The van der Waals surface area contributed by atoms with E-state index < -0.39 is 0 Å². The fourth-order valence-corrected chi connectivity index (χ4v) is 0.426. The Labute approximate surface area is 50.9 Å². The molecule has 8 heavy (non-hydrogen) atoms. The van der Waals surface area contributed by atoms with Gasteiger partial charge in [0.25, 0.3) is 0 Å². The van der Waals surface area contributed by atoms with E-state index >= 15 is 0 Å². The quantitative estimate of drug-likeness (QED) is 0.614. The maximum Gasteiger partial charge on any atom is 0.129 e. The topological polar surface area (TPSA) is 52.1 Å². The van der Waals surface area contributed by atoms with Gasteiger partial charge in [0.15, 0.2) is 0 Å². The van der Waals surface area contributed by atoms with Gasteiger partial charge in [-0.3, -0.25) is 0 Å². The first-order valence-corrected chi connectivity index (χ1v) is 2.76. The SMILES string of the molecule is CCCCC(C)=O.N. The van der Waals surface area contributed by atoms with E-state index in [1.807, 2.05) is 0 Å². The summed E-state index contributed by atoms with van der Waals surface area (Å²) in [5, 5.41) is 0. The third-order valence-corrected chi connectivity index (χ3v) is 0.882. The summed E-state index contributed by atoms with van der Waals surface area (Å²) in [6.45, 7) is 3.72. The van der Waals surface area contributed by atoms with E-state index in [0.29, 0.717) is 5.78 Å². The smallest absolute Gasteiger partial charge is 0.129 e. The van der Waals surface area contributed by atoms with Crippen LogP contribution in [0.15, 0.2) is 0 Å². The van der Waals surface area contributed by atoms with Gasteiger partial charge in [0.1, 0.15) is 5.78 Å². The lowest BCUT2D eigenvalue weighted by Gasteiger charge is -1.86. The number of carbonyl (C=O) groups is 1. The molecule has 2 heteroatoms. The summed E-state index contributed by atoms with van der Waals surface area (Å²) >= 11 is 0. The molecule has 0 spiro atoms. The van der Waals surface area contributed by atoms with Crippen LogP contribution in [0.3, 0.4) is 0 Å². The van der Waals surface area contributed by atoms with Gasteiger partial charge in [0, 0.05) is 6.42 Å². The average Bonchev–Trinajstić information content (AvgIpc) is 1.61. The molecule has 0 saturated carbocycles. The highest BCUT2D eigenvalue weighted by molar-refractivity contribution is 5.75. The van der Waals surface area contributed by atoms with Crippen molar-refractivity contribution in [3.63, 3.8) is 0 Å². The van der Waals surface area contributed by atoms with Gasteiger partial charge >= 0.3 is 0 Å². The summed E-state index contributed by atoms with van der Waals surface area (Å²) in [5.74, 6) is 0.307. The number of carbonyl (C=O) groups excluding carboxylic acids is 1. The van der Waals surface area contributed by atoms with Crippen LogP contribution in [-0.2, 0) is 4.79 Å². The molecule has 0 radical (unpaired) electrons. The number of rotatable bonds is 3. The molecule has 0 aliphatic carbocycles. The van der Waals surface area contributed by atoms with Crippen molar-refractivity contribution >= 4 is 5.78 Å². The molecule has 0 aliphatic heterocycles. The molecule has 0 amide bonds. The summed E-state index contributed by atoms with van der Waals surface area (Å²) < 4.78 is 0. The maximum atomic E-state index is 10.2. The van der Waals surface area contributed by atoms with Gasteiger partial charge in [-0.05, 0) is 13.3 Å². The second-order valence-corrected chi connectivity index (χ2v) is 1.81. The molecule has 0 aliphatic rings. The normalized spacial score (nSPS) is 7.75. The third-order valence-electron chi connectivity index (χ3n) is 0.882. The molecule has 0 bridgehead atoms. The minimum atomic E-state index is 0. The molecule has 0 aromatic rings. The Hall–Kier alpha value is -0.370. The van der Waals surface area contributed by atoms with Crippen molar-refractivity contribution in [2.75, 3.05) is 0 Å². The molecule has 0 fully saturated rings. The Bertz CT molecular complexity index is 61.5. The summed E-state index contributed by atoms with van der Waals surface area (Å²) in [5.41, 5.74) is 0. The zero-order valence-corrected chi connectivity index (χ0v) is 5.74. The number of ketones is 1. The van der Waals surface area contributed by atoms with Crippen molar-refractivity contribution in [2.24, 2.45) is 0 Å². The summed E-state index contributed by atoms with van der Waals surface area (Å²) in [4.78, 5) is 10.2. The molecule has 2 nitrogen and oxygen atoms in total. The van der Waals surface area contributed by atoms with E-state index in [9.17, 15) is 4.79 Å². The predicted molar refractivity (Wildman–Crippen MR) is 35.2 cm³/mol. The van der Waals surface area contributed by atoms with Crippen LogP contribution in [0.4, 0.5) is 0 Å². The molecule has 50 valence electrons. The average molecular weight is 117 g/mol. The Morgan fingerprint density at radius 3 is 2.12 bits per heavy atom. The standard InChI is InChI=1S/C6H12O.H3N/c1-3-4-5-6(2)7;/h3-5H2,1-2H3;1H3. The van der Waals surface area contributed by atoms with Crippen molar-refractivity contribution in [3.8, 4) is 0 Å². The molecule has 0 rings (SSSR count). The summed E-state index contributed by atoms with van der Waals surface area (Å²) in [6.07, 6.45) is 2.94. The van der Waals surface area contributed by atoms with Gasteiger partial charge in [0.05, 0.1) is 0 Å². The van der Waals surface area contributed by atoms with Crippen molar-refractivity contribution in [1.29, 1.82) is 0 Å². The molecule has 3 N–H and O–H groups in total. The molecule has 0 aromatic heterocycles. The minimum Gasteiger partial charge on any atom is -0.344 e. The van der Waals surface area contributed by atoms with Crippen LogP contribution in [-0.4, -0.2) is 5.78 Å². The van der Waals surface area contributed by atoms with Crippen LogP contribution in [0.5, 0.6) is 0 Å². The van der Waals surface area contributed by atoms with Crippen molar-refractivity contribution in [2.45, 2.75) is 33.1 Å². The maximum absolute atomic E-state index is 10.2. The van der Waals surface area contributed by atoms with E-state index in [-0.39, 0.29) is 6.15 Å². The molecule has 0 heterocycles. The first kappa shape index (κ1) is 10.6. The third kappa shape index (κ3) is 9.16. The van der Waals surface area contributed by atoms with Gasteiger partial charge in [-0.25, -0.2) is 0 Å². The lowest BCUT2D eigenvalue weighted by Crippen LogP contribution is -1.86. The van der Waals surface area contributed by atoms with Gasteiger partial charge in [-0.15, -0.1) is 0 Å². The lowest BCUT2D eigenvalue weighted by atomic mass is 10.2. The number of hydrogen-bond donors (Lipinski definition) is 1. The van der Waals surface area contributed by atoms with Crippen LogP contribution in [0.2, 0.25) is 0 Å². The Kier molecular flexibility index (Phi) is 8.77. The lowest BCUT2D eigenvalue weighted by molar-refractivity contribution is -0.117. The molecular weight excluding hydrogens is 102 g/mol. The largest absolute Gasteiger partial charge is 0.344 e. The number of hydrogen-bond acceptors (Lipinski definition) is 2. The highest BCUT2D eigenvalue weighted by Gasteiger charge is 1.87. The van der Waals surface area contributed by atoms with Crippen LogP contribution < -0.4 is 6.15 Å². The van der Waals surface area contributed by atoms with Gasteiger partial charge < -0.3 is 10.9 Å². The first-order chi connectivity index (χ1) is 3.27. The zero-order valence-electron chi connectivity index (χ0n) is 5.74. The highest BCUT2D eigenvalue weighted by atomic mass is 16.1.